The van der Waals surface area contributed by atoms with Crippen molar-refractivity contribution in [2.45, 2.75) is 20.3 Å². The predicted molar refractivity (Wildman–Crippen MR) is 85.9 cm³/mol. The summed E-state index contributed by atoms with van der Waals surface area (Å²) in [5.41, 5.74) is 0.800. The van der Waals surface area contributed by atoms with Gasteiger partial charge in [-0.1, -0.05) is 0 Å². The molecule has 6 heteroatoms. The smallest absolute Gasteiger partial charge is 0.287 e. The van der Waals surface area contributed by atoms with Gasteiger partial charge in [-0.3, -0.25) is 9.59 Å². The first-order chi connectivity index (χ1) is 11.1. The summed E-state index contributed by atoms with van der Waals surface area (Å²) in [6, 6.07) is 5.37. The van der Waals surface area contributed by atoms with Crippen molar-refractivity contribution in [1.29, 1.82) is 0 Å². The van der Waals surface area contributed by atoms with E-state index in [-0.39, 0.29) is 11.8 Å². The van der Waals surface area contributed by atoms with Crippen LogP contribution in [0.2, 0.25) is 0 Å². The summed E-state index contributed by atoms with van der Waals surface area (Å²) >= 11 is 0. The van der Waals surface area contributed by atoms with Gasteiger partial charge in [0.25, 0.3) is 5.91 Å². The normalized spacial score (nSPS) is 10.9. The largest absolute Gasteiger partial charge is 0.462 e. The number of furan rings is 2. The Morgan fingerprint density at radius 1 is 1.13 bits per heavy atom. The molecule has 2 amide bonds. The fourth-order valence-corrected chi connectivity index (χ4v) is 1.95. The Hall–Kier alpha value is -2.76. The number of amides is 2. The molecule has 0 saturated heterocycles. The summed E-state index contributed by atoms with van der Waals surface area (Å²) in [7, 11) is 0. The van der Waals surface area contributed by atoms with Crippen LogP contribution in [0.3, 0.4) is 0 Å². The van der Waals surface area contributed by atoms with Gasteiger partial charge in [0.05, 0.1) is 6.26 Å². The number of carbonyl (C=O) groups is 2. The third-order valence-electron chi connectivity index (χ3n) is 3.17. The molecule has 0 aliphatic heterocycles. The second-order valence-corrected chi connectivity index (χ2v) is 5.11. The Morgan fingerprint density at radius 3 is 2.57 bits per heavy atom. The maximum atomic E-state index is 11.8. The van der Waals surface area contributed by atoms with Gasteiger partial charge in [-0.25, -0.2) is 0 Å². The first-order valence-corrected chi connectivity index (χ1v) is 7.41. The maximum absolute atomic E-state index is 11.8. The summed E-state index contributed by atoms with van der Waals surface area (Å²) in [5, 5.41) is 5.48. The number of carbonyl (C=O) groups excluding carboxylic acids is 2. The SMILES string of the molecule is Cc1ccc(/C=C/C(=O)NCCCNC(=O)c2occc2C)o1. The van der Waals surface area contributed by atoms with Crippen LogP contribution in [-0.4, -0.2) is 24.9 Å². The van der Waals surface area contributed by atoms with Crippen LogP contribution in [0.25, 0.3) is 6.08 Å². The zero-order chi connectivity index (χ0) is 16.7. The minimum Gasteiger partial charge on any atom is -0.462 e. The molecule has 0 aliphatic carbocycles. The number of aryl methyl sites for hydroxylation is 2. The molecule has 0 fully saturated rings. The molecule has 6 nitrogen and oxygen atoms in total. The van der Waals surface area contributed by atoms with Gasteiger partial charge in [0.1, 0.15) is 11.5 Å². The second kappa shape index (κ2) is 8.03. The molecule has 122 valence electrons. The van der Waals surface area contributed by atoms with Crippen molar-refractivity contribution >= 4 is 17.9 Å². The number of hydrogen-bond acceptors (Lipinski definition) is 4. The highest BCUT2D eigenvalue weighted by Gasteiger charge is 2.11. The van der Waals surface area contributed by atoms with Gasteiger partial charge < -0.3 is 19.5 Å². The molecule has 2 aromatic heterocycles. The fraction of sp³-hybridized carbons (Fsp3) is 0.294. The highest BCUT2D eigenvalue weighted by molar-refractivity contribution is 5.92. The Balaban J connectivity index is 1.62. The van der Waals surface area contributed by atoms with E-state index >= 15 is 0 Å². The molecule has 0 atom stereocenters. The van der Waals surface area contributed by atoms with Crippen molar-refractivity contribution in [2.24, 2.45) is 0 Å². The van der Waals surface area contributed by atoms with E-state index in [0.717, 1.165) is 11.3 Å². The van der Waals surface area contributed by atoms with Gasteiger partial charge in [-0.2, -0.15) is 0 Å². The van der Waals surface area contributed by atoms with E-state index in [2.05, 4.69) is 10.6 Å². The van der Waals surface area contributed by atoms with E-state index in [9.17, 15) is 9.59 Å². The molecule has 0 saturated carbocycles. The summed E-state index contributed by atoms with van der Waals surface area (Å²) in [5.74, 6) is 1.32. The van der Waals surface area contributed by atoms with Crippen molar-refractivity contribution in [3.63, 3.8) is 0 Å². The van der Waals surface area contributed by atoms with Crippen molar-refractivity contribution < 1.29 is 18.4 Å². The van der Waals surface area contributed by atoms with Crippen LogP contribution in [0, 0.1) is 13.8 Å². The molecule has 2 N–H and O–H groups in total. The first kappa shape index (κ1) is 16.6. The lowest BCUT2D eigenvalue weighted by Crippen LogP contribution is -2.29. The molecule has 23 heavy (non-hydrogen) atoms. The van der Waals surface area contributed by atoms with E-state index in [1.807, 2.05) is 19.9 Å². The lowest BCUT2D eigenvalue weighted by Gasteiger charge is -2.04. The quantitative estimate of drug-likeness (QED) is 0.607. The molecule has 0 aromatic carbocycles. The third kappa shape index (κ3) is 5.18. The Morgan fingerprint density at radius 2 is 1.91 bits per heavy atom. The van der Waals surface area contributed by atoms with Gasteiger partial charge in [-0.15, -0.1) is 0 Å². The minimum atomic E-state index is -0.244. The van der Waals surface area contributed by atoms with Crippen LogP contribution in [0.15, 0.2) is 39.4 Å². The molecular formula is C17H20N2O4. The molecule has 2 heterocycles. The molecule has 0 bridgehead atoms. The van der Waals surface area contributed by atoms with Gasteiger partial charge in [0.2, 0.25) is 5.91 Å². The molecule has 2 rings (SSSR count). The standard InChI is InChI=1S/C17H20N2O4/c1-12-8-11-22-16(12)17(21)19-10-3-9-18-15(20)7-6-14-5-4-13(2)23-14/h4-8,11H,3,9-10H2,1-2H3,(H,18,20)(H,19,21)/b7-6+. The van der Waals surface area contributed by atoms with Crippen molar-refractivity contribution in [2.75, 3.05) is 13.1 Å². The molecule has 0 aliphatic rings. The van der Waals surface area contributed by atoms with Gasteiger partial charge in [0, 0.05) is 24.7 Å². The zero-order valence-electron chi connectivity index (χ0n) is 13.2. The van der Waals surface area contributed by atoms with E-state index in [1.54, 1.807) is 18.2 Å². The number of rotatable bonds is 7. The Labute approximate surface area is 134 Å². The highest BCUT2D eigenvalue weighted by Crippen LogP contribution is 2.08. The Bertz CT molecular complexity index is 697. The van der Waals surface area contributed by atoms with E-state index in [0.29, 0.717) is 31.0 Å². The molecule has 0 radical (unpaired) electrons. The van der Waals surface area contributed by atoms with E-state index in [1.165, 1.54) is 12.3 Å². The lowest BCUT2D eigenvalue weighted by molar-refractivity contribution is -0.116. The van der Waals surface area contributed by atoms with E-state index in [4.69, 9.17) is 8.83 Å². The van der Waals surface area contributed by atoms with Crippen LogP contribution in [-0.2, 0) is 4.79 Å². The van der Waals surface area contributed by atoms with Crippen LogP contribution < -0.4 is 10.6 Å². The number of nitrogens with one attached hydrogen (secondary N) is 2. The summed E-state index contributed by atoms with van der Waals surface area (Å²) in [6.07, 6.45) is 5.15. The molecule has 2 aromatic rings. The average molecular weight is 316 g/mol. The van der Waals surface area contributed by atoms with E-state index < -0.39 is 0 Å². The Kier molecular flexibility index (Phi) is 5.80. The van der Waals surface area contributed by atoms with Gasteiger partial charge >= 0.3 is 0 Å². The second-order valence-electron chi connectivity index (χ2n) is 5.11. The predicted octanol–water partition coefficient (Wildman–Crippen LogP) is 2.44. The van der Waals surface area contributed by atoms with Crippen molar-refractivity contribution in [3.8, 4) is 0 Å². The summed E-state index contributed by atoms with van der Waals surface area (Å²) in [6.45, 7) is 4.58. The first-order valence-electron chi connectivity index (χ1n) is 7.41. The topological polar surface area (TPSA) is 84.5 Å². The number of hydrogen-bond donors (Lipinski definition) is 2. The monoisotopic (exact) mass is 316 g/mol. The summed E-state index contributed by atoms with van der Waals surface area (Å²) < 4.78 is 10.4. The molecule has 0 unspecified atom stereocenters. The van der Waals surface area contributed by atoms with Crippen LogP contribution >= 0.6 is 0 Å². The van der Waals surface area contributed by atoms with Gasteiger partial charge in [0.15, 0.2) is 5.76 Å². The zero-order valence-corrected chi connectivity index (χ0v) is 13.2. The van der Waals surface area contributed by atoms with Crippen LogP contribution in [0.1, 0.15) is 34.1 Å². The minimum absolute atomic E-state index is 0.202. The van der Waals surface area contributed by atoms with Crippen LogP contribution in [0.5, 0.6) is 0 Å². The lowest BCUT2D eigenvalue weighted by atomic mass is 10.2. The molecular weight excluding hydrogens is 296 g/mol. The summed E-state index contributed by atoms with van der Waals surface area (Å²) in [4.78, 5) is 23.4. The third-order valence-corrected chi connectivity index (χ3v) is 3.17. The van der Waals surface area contributed by atoms with Crippen LogP contribution in [0.4, 0.5) is 0 Å². The van der Waals surface area contributed by atoms with Gasteiger partial charge in [-0.05, 0) is 44.5 Å². The molecule has 0 spiro atoms. The van der Waals surface area contributed by atoms with Crippen molar-refractivity contribution in [3.05, 3.63) is 53.4 Å². The van der Waals surface area contributed by atoms with Crippen molar-refractivity contribution in [1.82, 2.24) is 10.6 Å². The fourth-order valence-electron chi connectivity index (χ4n) is 1.95. The highest BCUT2D eigenvalue weighted by atomic mass is 16.3. The average Bonchev–Trinajstić information content (AvgIpc) is 3.13. The maximum Gasteiger partial charge on any atom is 0.287 e.